The van der Waals surface area contributed by atoms with Crippen LogP contribution in [0.1, 0.15) is 32.3 Å². The average molecular weight is 186 g/mol. The first-order valence-corrected chi connectivity index (χ1v) is 5.17. The number of rotatable bonds is 4. The second-order valence-corrected chi connectivity index (χ2v) is 3.51. The molecule has 0 amide bonds. The Morgan fingerprint density at radius 2 is 1.93 bits per heavy atom. The fourth-order valence-electron chi connectivity index (χ4n) is 1.67. The molecule has 0 fully saturated rings. The minimum absolute atomic E-state index is 1.15. The Balaban J connectivity index is 3.04. The lowest BCUT2D eigenvalue weighted by atomic mass is 9.98. The fraction of sp³-hybridized carbons (Fsp3) is 0.286. The second kappa shape index (κ2) is 5.43. The number of hydrogen-bond acceptors (Lipinski definition) is 0. The van der Waals surface area contributed by atoms with Crippen molar-refractivity contribution in [1.82, 2.24) is 0 Å². The molecule has 0 nitrogen and oxygen atoms in total. The zero-order chi connectivity index (χ0) is 10.4. The predicted octanol–water partition coefficient (Wildman–Crippen LogP) is 4.45. The molecule has 0 heterocycles. The number of benzene rings is 1. The van der Waals surface area contributed by atoms with Gasteiger partial charge >= 0.3 is 0 Å². The van der Waals surface area contributed by atoms with Gasteiger partial charge in [-0.3, -0.25) is 0 Å². The molecule has 0 heteroatoms. The van der Waals surface area contributed by atoms with E-state index >= 15 is 0 Å². The van der Waals surface area contributed by atoms with Gasteiger partial charge in [-0.25, -0.2) is 0 Å². The van der Waals surface area contributed by atoms with E-state index in [1.807, 2.05) is 12.1 Å². The Hall–Kier alpha value is -1.30. The fourth-order valence-corrected chi connectivity index (χ4v) is 1.67. The standard InChI is InChI=1S/C14H18/c1-4-9-12(3)14(5-2)13-10-7-6-8-11-13/h5-8,10-11H,2,4,9H2,1,3H3/b14-12+. The monoisotopic (exact) mass is 186 g/mol. The van der Waals surface area contributed by atoms with Gasteiger partial charge in [0.1, 0.15) is 0 Å². The van der Waals surface area contributed by atoms with Crippen LogP contribution in [0.5, 0.6) is 0 Å². The third kappa shape index (κ3) is 2.59. The van der Waals surface area contributed by atoms with E-state index in [0.717, 1.165) is 6.42 Å². The highest BCUT2D eigenvalue weighted by atomic mass is 14.0. The van der Waals surface area contributed by atoms with Crippen molar-refractivity contribution < 1.29 is 0 Å². The summed E-state index contributed by atoms with van der Waals surface area (Å²) in [6.07, 6.45) is 4.30. The van der Waals surface area contributed by atoms with Crippen molar-refractivity contribution in [2.45, 2.75) is 26.7 Å². The van der Waals surface area contributed by atoms with Crippen LogP contribution in [0.15, 0.2) is 48.6 Å². The Kier molecular flexibility index (Phi) is 4.18. The zero-order valence-electron chi connectivity index (χ0n) is 9.09. The van der Waals surface area contributed by atoms with E-state index in [2.05, 4.69) is 44.7 Å². The summed E-state index contributed by atoms with van der Waals surface area (Å²) >= 11 is 0. The van der Waals surface area contributed by atoms with Gasteiger partial charge in [-0.05, 0) is 24.5 Å². The van der Waals surface area contributed by atoms with Gasteiger partial charge in [0.05, 0.1) is 0 Å². The summed E-state index contributed by atoms with van der Waals surface area (Å²) < 4.78 is 0. The van der Waals surface area contributed by atoms with Crippen molar-refractivity contribution in [3.05, 3.63) is 54.1 Å². The van der Waals surface area contributed by atoms with Crippen LogP contribution in [0.4, 0.5) is 0 Å². The molecule has 1 aromatic rings. The summed E-state index contributed by atoms with van der Waals surface area (Å²) in [6.45, 7) is 8.27. The highest BCUT2D eigenvalue weighted by molar-refractivity contribution is 5.75. The maximum absolute atomic E-state index is 3.88. The topological polar surface area (TPSA) is 0 Å². The van der Waals surface area contributed by atoms with Gasteiger partial charge < -0.3 is 0 Å². The van der Waals surface area contributed by atoms with E-state index in [4.69, 9.17) is 0 Å². The van der Waals surface area contributed by atoms with Crippen LogP contribution in [-0.2, 0) is 0 Å². The van der Waals surface area contributed by atoms with Crippen LogP contribution in [0.2, 0.25) is 0 Å². The van der Waals surface area contributed by atoms with Crippen molar-refractivity contribution in [2.75, 3.05) is 0 Å². The third-order valence-electron chi connectivity index (χ3n) is 2.37. The van der Waals surface area contributed by atoms with Gasteiger partial charge in [0.2, 0.25) is 0 Å². The van der Waals surface area contributed by atoms with Crippen molar-refractivity contribution in [3.63, 3.8) is 0 Å². The maximum atomic E-state index is 3.88. The van der Waals surface area contributed by atoms with E-state index in [1.165, 1.54) is 23.1 Å². The number of allylic oxidation sites excluding steroid dienone is 3. The molecule has 0 spiro atoms. The Morgan fingerprint density at radius 3 is 2.43 bits per heavy atom. The quantitative estimate of drug-likeness (QED) is 0.609. The van der Waals surface area contributed by atoms with Crippen LogP contribution in [0, 0.1) is 0 Å². The first-order chi connectivity index (χ1) is 6.79. The lowest BCUT2D eigenvalue weighted by molar-refractivity contribution is 0.908. The van der Waals surface area contributed by atoms with Crippen LogP contribution in [-0.4, -0.2) is 0 Å². The summed E-state index contributed by atoms with van der Waals surface area (Å²) in [7, 11) is 0. The Bertz CT molecular complexity index is 317. The number of hydrogen-bond donors (Lipinski definition) is 0. The van der Waals surface area contributed by atoms with E-state index in [-0.39, 0.29) is 0 Å². The van der Waals surface area contributed by atoms with Crippen LogP contribution < -0.4 is 0 Å². The van der Waals surface area contributed by atoms with Gasteiger partial charge in [0.25, 0.3) is 0 Å². The SMILES string of the molecule is C=C/C(=C(/C)CCC)c1ccccc1. The van der Waals surface area contributed by atoms with Crippen LogP contribution >= 0.6 is 0 Å². The Labute approximate surface area is 87.0 Å². The first-order valence-electron chi connectivity index (χ1n) is 5.17. The molecule has 0 aromatic heterocycles. The van der Waals surface area contributed by atoms with Gasteiger partial charge in [-0.2, -0.15) is 0 Å². The van der Waals surface area contributed by atoms with Gasteiger partial charge in [0, 0.05) is 0 Å². The molecule has 0 aliphatic carbocycles. The van der Waals surface area contributed by atoms with Crippen LogP contribution in [0.25, 0.3) is 5.57 Å². The lowest BCUT2D eigenvalue weighted by Gasteiger charge is -2.07. The van der Waals surface area contributed by atoms with Gasteiger partial charge in [-0.1, -0.05) is 61.9 Å². The van der Waals surface area contributed by atoms with E-state index < -0.39 is 0 Å². The molecular formula is C14H18. The molecule has 1 rings (SSSR count). The minimum Gasteiger partial charge on any atom is -0.0985 e. The largest absolute Gasteiger partial charge is 0.0985 e. The Morgan fingerprint density at radius 1 is 1.29 bits per heavy atom. The van der Waals surface area contributed by atoms with Gasteiger partial charge in [0.15, 0.2) is 0 Å². The van der Waals surface area contributed by atoms with Crippen molar-refractivity contribution in [2.24, 2.45) is 0 Å². The summed E-state index contributed by atoms with van der Waals surface area (Å²) in [5.41, 5.74) is 3.98. The molecule has 0 saturated carbocycles. The molecule has 74 valence electrons. The second-order valence-electron chi connectivity index (χ2n) is 3.51. The molecule has 0 aliphatic rings. The van der Waals surface area contributed by atoms with E-state index in [1.54, 1.807) is 0 Å². The normalized spacial score (nSPS) is 12.1. The highest BCUT2D eigenvalue weighted by Gasteiger charge is 2.00. The summed E-state index contributed by atoms with van der Waals surface area (Å²) in [4.78, 5) is 0. The molecule has 0 aliphatic heterocycles. The van der Waals surface area contributed by atoms with E-state index in [0.29, 0.717) is 0 Å². The molecule has 0 saturated heterocycles. The van der Waals surface area contributed by atoms with Crippen molar-refractivity contribution in [1.29, 1.82) is 0 Å². The molecular weight excluding hydrogens is 168 g/mol. The molecule has 0 unspecified atom stereocenters. The summed E-state index contributed by atoms with van der Waals surface area (Å²) in [5.74, 6) is 0. The maximum Gasteiger partial charge on any atom is -0.0185 e. The first kappa shape index (κ1) is 10.8. The molecule has 1 aromatic carbocycles. The third-order valence-corrected chi connectivity index (χ3v) is 2.37. The minimum atomic E-state index is 1.15. The summed E-state index contributed by atoms with van der Waals surface area (Å²) in [6, 6.07) is 10.4. The van der Waals surface area contributed by atoms with E-state index in [9.17, 15) is 0 Å². The summed E-state index contributed by atoms with van der Waals surface area (Å²) in [5, 5.41) is 0. The molecule has 0 radical (unpaired) electrons. The molecule has 14 heavy (non-hydrogen) atoms. The molecule has 0 N–H and O–H groups in total. The predicted molar refractivity (Wildman–Crippen MR) is 64.1 cm³/mol. The smallest absolute Gasteiger partial charge is 0.0185 e. The van der Waals surface area contributed by atoms with Crippen molar-refractivity contribution >= 4 is 5.57 Å². The molecule has 0 bridgehead atoms. The van der Waals surface area contributed by atoms with Crippen molar-refractivity contribution in [3.8, 4) is 0 Å². The highest BCUT2D eigenvalue weighted by Crippen LogP contribution is 2.22. The lowest BCUT2D eigenvalue weighted by Crippen LogP contribution is -1.85. The van der Waals surface area contributed by atoms with Crippen LogP contribution in [0.3, 0.4) is 0 Å². The molecule has 0 atom stereocenters. The zero-order valence-corrected chi connectivity index (χ0v) is 9.09. The van der Waals surface area contributed by atoms with Gasteiger partial charge in [-0.15, -0.1) is 0 Å². The average Bonchev–Trinajstić information content (AvgIpc) is 2.21.